The Morgan fingerprint density at radius 2 is 1.78 bits per heavy atom. The summed E-state index contributed by atoms with van der Waals surface area (Å²) in [7, 11) is 0. The molecule has 0 aliphatic carbocycles. The van der Waals surface area contributed by atoms with E-state index in [0.29, 0.717) is 12.5 Å². The van der Waals surface area contributed by atoms with Crippen molar-refractivity contribution in [2.24, 2.45) is 0 Å². The summed E-state index contributed by atoms with van der Waals surface area (Å²) in [5.41, 5.74) is 3.94. The third-order valence-electron chi connectivity index (χ3n) is 4.44. The predicted molar refractivity (Wildman–Crippen MR) is 110 cm³/mol. The van der Waals surface area contributed by atoms with E-state index >= 15 is 0 Å². The summed E-state index contributed by atoms with van der Waals surface area (Å²) in [6, 6.07) is 15.1. The molecular formula is C20H18BrN5O. The van der Waals surface area contributed by atoms with Crippen LogP contribution in [0.3, 0.4) is 0 Å². The number of rotatable bonds is 3. The smallest absolute Gasteiger partial charge is 0.323 e. The summed E-state index contributed by atoms with van der Waals surface area (Å²) >= 11 is 3.36. The van der Waals surface area contributed by atoms with Crippen LogP contribution in [-0.2, 0) is 13.0 Å². The summed E-state index contributed by atoms with van der Waals surface area (Å²) in [5.74, 6) is 0.712. The highest BCUT2D eigenvalue weighted by Crippen LogP contribution is 2.28. The quantitative estimate of drug-likeness (QED) is 0.652. The number of urea groups is 1. The lowest BCUT2D eigenvalue weighted by Crippen LogP contribution is -2.32. The molecule has 27 heavy (non-hydrogen) atoms. The number of hydrogen-bond donors (Lipinski definition) is 2. The van der Waals surface area contributed by atoms with Gasteiger partial charge in [-0.2, -0.15) is 0 Å². The normalized spacial score (nSPS) is 13.0. The van der Waals surface area contributed by atoms with E-state index in [9.17, 15) is 4.79 Å². The van der Waals surface area contributed by atoms with E-state index in [1.807, 2.05) is 42.5 Å². The molecule has 0 radical (unpaired) electrons. The van der Waals surface area contributed by atoms with Gasteiger partial charge in [0, 0.05) is 36.9 Å². The van der Waals surface area contributed by atoms with Gasteiger partial charge in [0.1, 0.15) is 0 Å². The number of amides is 2. The fourth-order valence-electron chi connectivity index (χ4n) is 3.17. The molecule has 7 heteroatoms. The Morgan fingerprint density at radius 3 is 2.56 bits per heavy atom. The number of nitrogens with one attached hydrogen (secondary N) is 2. The molecule has 1 aromatic heterocycles. The number of carbonyl (C=O) groups excluding carboxylic acids is 1. The fraction of sp³-hybridized carbons (Fsp3) is 0.150. The highest BCUT2D eigenvalue weighted by atomic mass is 79.9. The maximum Gasteiger partial charge on any atom is 0.323 e. The van der Waals surface area contributed by atoms with Gasteiger partial charge < -0.3 is 15.5 Å². The van der Waals surface area contributed by atoms with E-state index in [2.05, 4.69) is 47.5 Å². The summed E-state index contributed by atoms with van der Waals surface area (Å²) in [5, 5.41) is 5.83. The van der Waals surface area contributed by atoms with Crippen LogP contribution in [0.1, 0.15) is 11.1 Å². The van der Waals surface area contributed by atoms with Crippen molar-refractivity contribution in [2.75, 3.05) is 22.1 Å². The van der Waals surface area contributed by atoms with Crippen LogP contribution in [-0.4, -0.2) is 22.5 Å². The minimum atomic E-state index is -0.242. The van der Waals surface area contributed by atoms with Crippen molar-refractivity contribution in [3.63, 3.8) is 0 Å². The molecule has 0 spiro atoms. The first kappa shape index (κ1) is 17.5. The van der Waals surface area contributed by atoms with Gasteiger partial charge >= 0.3 is 6.03 Å². The van der Waals surface area contributed by atoms with Crippen LogP contribution in [0.2, 0.25) is 0 Å². The Morgan fingerprint density at radius 1 is 1.00 bits per heavy atom. The van der Waals surface area contributed by atoms with E-state index in [4.69, 9.17) is 0 Å². The van der Waals surface area contributed by atoms with Crippen molar-refractivity contribution in [1.82, 2.24) is 9.97 Å². The van der Waals surface area contributed by atoms with Crippen molar-refractivity contribution >= 4 is 39.3 Å². The molecule has 0 saturated heterocycles. The number of carbonyl (C=O) groups is 1. The van der Waals surface area contributed by atoms with Crippen molar-refractivity contribution in [1.29, 1.82) is 0 Å². The Hall–Kier alpha value is -2.93. The molecule has 4 rings (SSSR count). The van der Waals surface area contributed by atoms with E-state index < -0.39 is 0 Å². The van der Waals surface area contributed by atoms with Gasteiger partial charge in [0.2, 0.25) is 5.95 Å². The van der Waals surface area contributed by atoms with Gasteiger partial charge in [0.25, 0.3) is 0 Å². The second kappa shape index (κ2) is 7.75. The zero-order valence-electron chi connectivity index (χ0n) is 14.5. The number of hydrogen-bond acceptors (Lipinski definition) is 4. The molecule has 2 aromatic carbocycles. The van der Waals surface area contributed by atoms with Crippen LogP contribution in [0.15, 0.2) is 65.4 Å². The lowest BCUT2D eigenvalue weighted by Gasteiger charge is -2.30. The van der Waals surface area contributed by atoms with Gasteiger partial charge in [-0.1, -0.05) is 30.3 Å². The number of nitrogens with zero attached hydrogens (tertiary/aromatic N) is 3. The van der Waals surface area contributed by atoms with Crippen LogP contribution < -0.4 is 15.5 Å². The first-order chi connectivity index (χ1) is 13.2. The average Bonchev–Trinajstić information content (AvgIpc) is 2.69. The van der Waals surface area contributed by atoms with Crippen LogP contribution in [0, 0.1) is 0 Å². The molecule has 2 N–H and O–H groups in total. The summed E-state index contributed by atoms with van der Waals surface area (Å²) in [6.07, 6.45) is 4.32. The van der Waals surface area contributed by atoms with Crippen LogP contribution in [0.4, 0.5) is 22.1 Å². The molecule has 0 saturated carbocycles. The number of aromatic nitrogens is 2. The Bertz CT molecular complexity index is 946. The number of anilines is 3. The van der Waals surface area contributed by atoms with E-state index in [1.54, 1.807) is 12.4 Å². The molecular weight excluding hydrogens is 406 g/mol. The van der Waals surface area contributed by atoms with E-state index in [1.165, 1.54) is 5.56 Å². The minimum absolute atomic E-state index is 0.242. The topological polar surface area (TPSA) is 70.2 Å². The Kier molecular flexibility index (Phi) is 5.02. The van der Waals surface area contributed by atoms with E-state index in [-0.39, 0.29) is 6.03 Å². The van der Waals surface area contributed by atoms with Crippen molar-refractivity contribution in [2.45, 2.75) is 13.0 Å². The summed E-state index contributed by atoms with van der Waals surface area (Å²) in [4.78, 5) is 23.2. The lowest BCUT2D eigenvalue weighted by atomic mass is 9.98. The van der Waals surface area contributed by atoms with Crippen molar-refractivity contribution in [3.05, 3.63) is 76.5 Å². The van der Waals surface area contributed by atoms with Crippen LogP contribution in [0.25, 0.3) is 0 Å². The highest BCUT2D eigenvalue weighted by Gasteiger charge is 2.21. The molecule has 136 valence electrons. The lowest BCUT2D eigenvalue weighted by molar-refractivity contribution is 0.262. The number of fused-ring (bicyclic) bond motifs is 1. The zero-order chi connectivity index (χ0) is 18.6. The van der Waals surface area contributed by atoms with Crippen molar-refractivity contribution < 1.29 is 4.79 Å². The van der Waals surface area contributed by atoms with Crippen LogP contribution >= 0.6 is 15.9 Å². The fourth-order valence-corrected chi connectivity index (χ4v) is 3.38. The standard InChI is InChI=1S/C20H18BrN5O/c21-15-11-22-19(23-12-15)26-10-9-17-14(13-26)5-4-8-18(17)25-20(27)24-16-6-2-1-3-7-16/h1-8,11-12H,9-10,13H2,(H2,24,25,27). The molecule has 0 bridgehead atoms. The van der Waals surface area contributed by atoms with Crippen LogP contribution in [0.5, 0.6) is 0 Å². The maximum absolute atomic E-state index is 12.3. The maximum atomic E-state index is 12.3. The second-order valence-corrected chi connectivity index (χ2v) is 7.18. The zero-order valence-corrected chi connectivity index (χ0v) is 16.1. The Labute approximate surface area is 165 Å². The minimum Gasteiger partial charge on any atom is -0.336 e. The molecule has 1 aliphatic heterocycles. The first-order valence-electron chi connectivity index (χ1n) is 8.65. The Balaban J connectivity index is 1.48. The van der Waals surface area contributed by atoms with Gasteiger partial charge in [-0.3, -0.25) is 0 Å². The molecule has 2 heterocycles. The molecule has 0 fully saturated rings. The molecule has 1 aliphatic rings. The molecule has 6 nitrogen and oxygen atoms in total. The second-order valence-electron chi connectivity index (χ2n) is 6.26. The molecule has 3 aromatic rings. The van der Waals surface area contributed by atoms with Crippen molar-refractivity contribution in [3.8, 4) is 0 Å². The number of halogens is 1. The number of para-hydroxylation sites is 1. The largest absolute Gasteiger partial charge is 0.336 e. The van der Waals surface area contributed by atoms with Gasteiger partial charge in [-0.15, -0.1) is 0 Å². The molecule has 2 amide bonds. The van der Waals surface area contributed by atoms with Gasteiger partial charge in [-0.25, -0.2) is 14.8 Å². The number of benzene rings is 2. The monoisotopic (exact) mass is 423 g/mol. The third-order valence-corrected chi connectivity index (χ3v) is 4.84. The van der Waals surface area contributed by atoms with Gasteiger partial charge in [0.15, 0.2) is 0 Å². The molecule has 0 atom stereocenters. The molecule has 0 unspecified atom stereocenters. The summed E-state index contributed by atoms with van der Waals surface area (Å²) < 4.78 is 0.861. The summed E-state index contributed by atoms with van der Waals surface area (Å²) in [6.45, 7) is 1.51. The highest BCUT2D eigenvalue weighted by molar-refractivity contribution is 9.10. The predicted octanol–water partition coefficient (Wildman–Crippen LogP) is 4.45. The van der Waals surface area contributed by atoms with Gasteiger partial charge in [-0.05, 0) is 51.7 Å². The SMILES string of the molecule is O=C(Nc1ccccc1)Nc1cccc2c1CCN(c1ncc(Br)cn1)C2. The first-order valence-corrected chi connectivity index (χ1v) is 9.44. The van der Waals surface area contributed by atoms with Gasteiger partial charge in [0.05, 0.1) is 4.47 Å². The van der Waals surface area contributed by atoms with E-state index in [0.717, 1.165) is 34.4 Å². The average molecular weight is 424 g/mol. The third kappa shape index (κ3) is 4.09.